The minimum absolute atomic E-state index is 0.00499. The summed E-state index contributed by atoms with van der Waals surface area (Å²) < 4.78 is 1.49. The van der Waals surface area contributed by atoms with Crippen molar-refractivity contribution in [2.75, 3.05) is 6.54 Å². The number of carbonyl (C=O) groups is 1. The quantitative estimate of drug-likeness (QED) is 0.530. The van der Waals surface area contributed by atoms with Crippen molar-refractivity contribution in [3.8, 4) is 5.75 Å². The number of hydrazone groups is 1. The lowest BCUT2D eigenvalue weighted by Gasteiger charge is -2.23. The number of fused-ring (bicyclic) bond motifs is 1. The molecule has 0 atom stereocenters. The van der Waals surface area contributed by atoms with Crippen LogP contribution < -0.4 is 5.56 Å². The number of aromatic amines is 1. The second kappa shape index (κ2) is 9.38. The lowest BCUT2D eigenvalue weighted by molar-refractivity contribution is -0.131. The van der Waals surface area contributed by atoms with Crippen LogP contribution in [0, 0.1) is 0 Å². The molecule has 1 aromatic carbocycles. The molecule has 1 aliphatic heterocycles. The van der Waals surface area contributed by atoms with Gasteiger partial charge in [-0.25, -0.2) is 9.99 Å². The van der Waals surface area contributed by atoms with Crippen LogP contribution >= 0.6 is 0 Å². The van der Waals surface area contributed by atoms with Gasteiger partial charge in [0, 0.05) is 32.9 Å². The molecule has 4 rings (SSSR count). The predicted molar refractivity (Wildman–Crippen MR) is 124 cm³/mol. The highest BCUT2D eigenvalue weighted by molar-refractivity contribution is 6.04. The van der Waals surface area contributed by atoms with Crippen molar-refractivity contribution in [2.45, 2.75) is 51.9 Å². The summed E-state index contributed by atoms with van der Waals surface area (Å²) in [6, 6.07) is 9.96. The largest absolute Gasteiger partial charge is 0.505 e. The Morgan fingerprint density at radius 3 is 2.62 bits per heavy atom. The molecule has 0 bridgehead atoms. The summed E-state index contributed by atoms with van der Waals surface area (Å²) >= 11 is 0. The van der Waals surface area contributed by atoms with Crippen LogP contribution in [0.25, 0.3) is 11.2 Å². The van der Waals surface area contributed by atoms with Gasteiger partial charge in [0.15, 0.2) is 11.4 Å². The maximum atomic E-state index is 12.5. The Kier molecular flexibility index (Phi) is 6.39. The minimum atomic E-state index is -0.203. The summed E-state index contributed by atoms with van der Waals surface area (Å²) in [5, 5.41) is 16.7. The molecular formula is C24H29N5O3. The zero-order chi connectivity index (χ0) is 22.7. The molecule has 0 saturated carbocycles. The molecule has 8 nitrogen and oxygen atoms in total. The number of aromatic nitrogens is 3. The van der Waals surface area contributed by atoms with Crippen LogP contribution in [0.15, 0.2) is 40.2 Å². The summed E-state index contributed by atoms with van der Waals surface area (Å²) in [5.74, 6) is 0.777. The number of hydrogen-bond donors (Lipinski definition) is 2. The highest BCUT2D eigenvalue weighted by Crippen LogP contribution is 2.25. The molecule has 0 saturated heterocycles. The first kappa shape index (κ1) is 21.8. The molecule has 0 unspecified atom stereocenters. The molecule has 2 N–H and O–H groups in total. The maximum absolute atomic E-state index is 12.5. The maximum Gasteiger partial charge on any atom is 0.258 e. The van der Waals surface area contributed by atoms with Crippen LogP contribution in [0.1, 0.15) is 56.0 Å². The molecule has 3 heterocycles. The molecular weight excluding hydrogens is 406 g/mol. The summed E-state index contributed by atoms with van der Waals surface area (Å²) in [6.45, 7) is 2.53. The Bertz CT molecular complexity index is 1210. The standard InChI is InChI=1S/C24H29N5O3/c1-3-9-17-22(31)21-23(28(2)24(17)32)26-19(25-21)12-7-8-15-29-20(30)14-13-18(27-29)16-10-5-4-6-11-16/h4-6,10-11,31H,3,7-9,12-15H2,1-2H3,(H,25,26). The zero-order valence-electron chi connectivity index (χ0n) is 18.6. The van der Waals surface area contributed by atoms with E-state index < -0.39 is 0 Å². The van der Waals surface area contributed by atoms with E-state index in [1.54, 1.807) is 12.1 Å². The van der Waals surface area contributed by atoms with E-state index in [9.17, 15) is 14.7 Å². The lowest BCUT2D eigenvalue weighted by atomic mass is 10.0. The van der Waals surface area contributed by atoms with Gasteiger partial charge in [-0.15, -0.1) is 0 Å². The smallest absolute Gasteiger partial charge is 0.258 e. The van der Waals surface area contributed by atoms with Crippen molar-refractivity contribution >= 4 is 22.8 Å². The van der Waals surface area contributed by atoms with E-state index in [1.807, 2.05) is 37.3 Å². The first-order valence-corrected chi connectivity index (χ1v) is 11.2. The van der Waals surface area contributed by atoms with Crippen molar-refractivity contribution in [3.05, 3.63) is 57.6 Å². The van der Waals surface area contributed by atoms with Crippen LogP contribution in [0.2, 0.25) is 0 Å². The van der Waals surface area contributed by atoms with Crippen molar-refractivity contribution in [1.82, 2.24) is 19.5 Å². The van der Waals surface area contributed by atoms with Crippen LogP contribution in [0.5, 0.6) is 5.75 Å². The molecule has 0 spiro atoms. The molecule has 2 aromatic heterocycles. The van der Waals surface area contributed by atoms with E-state index in [0.29, 0.717) is 49.0 Å². The van der Waals surface area contributed by atoms with E-state index >= 15 is 0 Å². The molecule has 0 aliphatic carbocycles. The highest BCUT2D eigenvalue weighted by Gasteiger charge is 2.21. The topological polar surface area (TPSA) is 104 Å². The Morgan fingerprint density at radius 1 is 1.09 bits per heavy atom. The van der Waals surface area contributed by atoms with Crippen LogP contribution in [-0.4, -0.2) is 42.8 Å². The van der Waals surface area contributed by atoms with Gasteiger partial charge in [-0.05, 0) is 24.8 Å². The van der Waals surface area contributed by atoms with Gasteiger partial charge in [-0.2, -0.15) is 5.10 Å². The molecule has 168 valence electrons. The number of hydrogen-bond acceptors (Lipinski definition) is 5. The fraction of sp³-hybridized carbons (Fsp3) is 0.417. The summed E-state index contributed by atoms with van der Waals surface area (Å²) in [7, 11) is 1.68. The number of pyridine rings is 1. The van der Waals surface area contributed by atoms with Crippen LogP contribution in [0.3, 0.4) is 0 Å². The second-order valence-corrected chi connectivity index (χ2v) is 8.21. The van der Waals surface area contributed by atoms with Crippen molar-refractivity contribution in [1.29, 1.82) is 0 Å². The van der Waals surface area contributed by atoms with Gasteiger partial charge < -0.3 is 10.1 Å². The third kappa shape index (κ3) is 4.30. The number of benzene rings is 1. The second-order valence-electron chi connectivity index (χ2n) is 8.21. The molecule has 0 radical (unpaired) electrons. The van der Waals surface area contributed by atoms with Crippen molar-refractivity contribution in [3.63, 3.8) is 0 Å². The number of H-pyrrole nitrogens is 1. The number of nitrogens with one attached hydrogen (secondary N) is 1. The molecule has 8 heteroatoms. The van der Waals surface area contributed by atoms with E-state index in [-0.39, 0.29) is 17.2 Å². The first-order chi connectivity index (χ1) is 15.5. The number of nitrogens with zero attached hydrogens (tertiary/aromatic N) is 4. The highest BCUT2D eigenvalue weighted by atomic mass is 16.3. The monoisotopic (exact) mass is 435 g/mol. The molecule has 1 amide bonds. The number of imidazole rings is 1. The van der Waals surface area contributed by atoms with E-state index in [0.717, 1.165) is 36.4 Å². The SMILES string of the molecule is CCCc1c(O)c2[nH]c(CCCCN3N=C(c4ccccc4)CCC3=O)nc2n(C)c1=O. The third-order valence-corrected chi connectivity index (χ3v) is 5.88. The molecule has 3 aromatic rings. The fourth-order valence-corrected chi connectivity index (χ4v) is 4.13. The number of aryl methyl sites for hydroxylation is 2. The number of rotatable bonds is 8. The Labute approximate surface area is 186 Å². The molecule has 1 aliphatic rings. The Balaban J connectivity index is 1.41. The minimum Gasteiger partial charge on any atom is -0.505 e. The third-order valence-electron chi connectivity index (χ3n) is 5.88. The number of amides is 1. The van der Waals surface area contributed by atoms with Gasteiger partial charge in [0.2, 0.25) is 5.91 Å². The van der Waals surface area contributed by atoms with Gasteiger partial charge in [0.05, 0.1) is 11.3 Å². The molecule has 32 heavy (non-hydrogen) atoms. The number of aromatic hydroxyl groups is 1. The van der Waals surface area contributed by atoms with Gasteiger partial charge in [-0.1, -0.05) is 43.7 Å². The summed E-state index contributed by atoms with van der Waals surface area (Å²) in [6.07, 6.45) is 4.68. The average molecular weight is 436 g/mol. The lowest BCUT2D eigenvalue weighted by Crippen LogP contribution is -2.32. The summed E-state index contributed by atoms with van der Waals surface area (Å²) in [4.78, 5) is 32.5. The number of carbonyl (C=O) groups excluding carboxylic acids is 1. The van der Waals surface area contributed by atoms with Gasteiger partial charge >= 0.3 is 0 Å². The summed E-state index contributed by atoms with van der Waals surface area (Å²) in [5.41, 5.74) is 3.19. The Hall–Kier alpha value is -3.42. The normalized spacial score (nSPS) is 14.2. The van der Waals surface area contributed by atoms with E-state index in [4.69, 9.17) is 0 Å². The number of unbranched alkanes of at least 4 members (excludes halogenated alkanes) is 1. The van der Waals surface area contributed by atoms with E-state index in [2.05, 4.69) is 15.1 Å². The zero-order valence-corrected chi connectivity index (χ0v) is 18.6. The molecule has 0 fully saturated rings. The van der Waals surface area contributed by atoms with Crippen molar-refractivity contribution in [2.24, 2.45) is 12.1 Å². The van der Waals surface area contributed by atoms with Gasteiger partial charge in [0.1, 0.15) is 11.3 Å². The first-order valence-electron chi connectivity index (χ1n) is 11.2. The Morgan fingerprint density at radius 2 is 1.88 bits per heavy atom. The van der Waals surface area contributed by atoms with Crippen molar-refractivity contribution < 1.29 is 9.90 Å². The van der Waals surface area contributed by atoms with Gasteiger partial charge in [0.25, 0.3) is 5.56 Å². The van der Waals surface area contributed by atoms with Gasteiger partial charge in [-0.3, -0.25) is 14.2 Å². The fourth-order valence-electron chi connectivity index (χ4n) is 4.13. The van der Waals surface area contributed by atoms with E-state index in [1.165, 1.54) is 4.57 Å². The predicted octanol–water partition coefficient (Wildman–Crippen LogP) is 3.27. The van der Waals surface area contributed by atoms with Crippen LogP contribution in [-0.2, 0) is 24.7 Å². The van der Waals surface area contributed by atoms with Crippen LogP contribution in [0.4, 0.5) is 0 Å². The average Bonchev–Trinajstić information content (AvgIpc) is 3.24.